The van der Waals surface area contributed by atoms with Gasteiger partial charge in [0.05, 0.1) is 10.6 Å². The summed E-state index contributed by atoms with van der Waals surface area (Å²) >= 11 is 0. The zero-order chi connectivity index (χ0) is 19.4. The van der Waals surface area contributed by atoms with E-state index in [2.05, 4.69) is 0 Å². The summed E-state index contributed by atoms with van der Waals surface area (Å²) in [5.74, 6) is -0.209. The van der Waals surface area contributed by atoms with Gasteiger partial charge >= 0.3 is 0 Å². The Bertz CT molecular complexity index is 908. The maximum atomic E-state index is 13.9. The molecule has 3 rings (SSSR count). The highest BCUT2D eigenvalue weighted by atomic mass is 32.2. The maximum absolute atomic E-state index is 13.9. The second-order valence-electron chi connectivity index (χ2n) is 6.51. The smallest absolute Gasteiger partial charge is 0.238 e. The fourth-order valence-electron chi connectivity index (χ4n) is 3.16. The van der Waals surface area contributed by atoms with E-state index in [0.29, 0.717) is 44.7 Å². The second-order valence-corrected chi connectivity index (χ2v) is 8.07. The Hall–Kier alpha value is -2.45. The summed E-state index contributed by atoms with van der Waals surface area (Å²) < 4.78 is 36.4. The number of piperazine rings is 1. The Labute approximate surface area is 158 Å². The fraction of sp³-hybridized carbons (Fsp3) is 0.316. The van der Waals surface area contributed by atoms with E-state index in [1.165, 1.54) is 18.2 Å². The number of carbonyl (C=O) groups is 1. The van der Waals surface area contributed by atoms with Gasteiger partial charge in [-0.2, -0.15) is 0 Å². The number of benzene rings is 2. The van der Waals surface area contributed by atoms with Gasteiger partial charge in [0.25, 0.3) is 0 Å². The first-order valence-electron chi connectivity index (χ1n) is 8.73. The molecule has 27 heavy (non-hydrogen) atoms. The lowest BCUT2D eigenvalue weighted by Gasteiger charge is -2.36. The van der Waals surface area contributed by atoms with E-state index in [1.54, 1.807) is 35.2 Å². The molecule has 0 saturated carbocycles. The van der Waals surface area contributed by atoms with Gasteiger partial charge in [-0.1, -0.05) is 24.3 Å². The summed E-state index contributed by atoms with van der Waals surface area (Å²) in [4.78, 5) is 16.2. The average Bonchev–Trinajstić information content (AvgIpc) is 2.66. The van der Waals surface area contributed by atoms with Crippen molar-refractivity contribution >= 4 is 21.6 Å². The van der Waals surface area contributed by atoms with E-state index >= 15 is 0 Å². The van der Waals surface area contributed by atoms with E-state index in [0.717, 1.165) is 5.56 Å². The van der Waals surface area contributed by atoms with Crippen molar-refractivity contribution in [2.75, 3.05) is 31.1 Å². The number of carbonyl (C=O) groups excluding carboxylic acids is 1. The lowest BCUT2D eigenvalue weighted by molar-refractivity contribution is -0.131. The molecule has 2 aromatic rings. The van der Waals surface area contributed by atoms with E-state index in [1.807, 2.05) is 4.90 Å². The van der Waals surface area contributed by atoms with Crippen LogP contribution >= 0.6 is 0 Å². The highest BCUT2D eigenvalue weighted by Crippen LogP contribution is 2.20. The SMILES string of the molecule is NS(=O)(=O)c1ccc(CCC(=O)N2CCN(c3ccccc3F)CC2)cc1. The number of rotatable bonds is 5. The number of para-hydroxylation sites is 1. The molecule has 1 amide bonds. The van der Waals surface area contributed by atoms with Gasteiger partial charge in [0, 0.05) is 32.6 Å². The van der Waals surface area contributed by atoms with Crippen molar-refractivity contribution < 1.29 is 17.6 Å². The van der Waals surface area contributed by atoms with Crippen LogP contribution in [0.4, 0.5) is 10.1 Å². The fourth-order valence-corrected chi connectivity index (χ4v) is 3.68. The first kappa shape index (κ1) is 19.3. The van der Waals surface area contributed by atoms with Crippen molar-refractivity contribution in [3.63, 3.8) is 0 Å². The molecule has 2 aromatic carbocycles. The molecule has 8 heteroatoms. The lowest BCUT2D eigenvalue weighted by atomic mass is 10.1. The molecule has 0 bridgehead atoms. The standard InChI is InChI=1S/C19H22FN3O3S/c20-17-3-1-2-4-18(17)22-11-13-23(14-12-22)19(24)10-7-15-5-8-16(9-6-15)27(21,25)26/h1-6,8-9H,7,10-14H2,(H2,21,25,26). The zero-order valence-electron chi connectivity index (χ0n) is 14.8. The Morgan fingerprint density at radius 3 is 2.22 bits per heavy atom. The highest BCUT2D eigenvalue weighted by molar-refractivity contribution is 7.89. The number of sulfonamides is 1. The van der Waals surface area contributed by atoms with Gasteiger partial charge in [0.2, 0.25) is 15.9 Å². The van der Waals surface area contributed by atoms with Crippen LogP contribution in [0.25, 0.3) is 0 Å². The largest absolute Gasteiger partial charge is 0.366 e. The van der Waals surface area contributed by atoms with Gasteiger partial charge in [-0.05, 0) is 36.2 Å². The van der Waals surface area contributed by atoms with Gasteiger partial charge < -0.3 is 9.80 Å². The number of halogens is 1. The van der Waals surface area contributed by atoms with Gasteiger partial charge in [-0.3, -0.25) is 4.79 Å². The summed E-state index contributed by atoms with van der Waals surface area (Å²) in [5.41, 5.74) is 1.44. The third kappa shape index (κ3) is 4.84. The number of nitrogens with two attached hydrogens (primary N) is 1. The highest BCUT2D eigenvalue weighted by Gasteiger charge is 2.22. The number of aryl methyl sites for hydroxylation is 1. The van der Waals surface area contributed by atoms with Crippen LogP contribution in [0.2, 0.25) is 0 Å². The van der Waals surface area contributed by atoms with Crippen molar-refractivity contribution in [1.82, 2.24) is 4.90 Å². The first-order valence-corrected chi connectivity index (χ1v) is 10.3. The predicted molar refractivity (Wildman–Crippen MR) is 101 cm³/mol. The molecular weight excluding hydrogens is 369 g/mol. The Morgan fingerprint density at radius 2 is 1.63 bits per heavy atom. The Morgan fingerprint density at radius 1 is 1.00 bits per heavy atom. The molecule has 1 fully saturated rings. The number of anilines is 1. The molecule has 0 atom stereocenters. The number of amides is 1. The molecular formula is C19H22FN3O3S. The topological polar surface area (TPSA) is 83.7 Å². The average molecular weight is 391 g/mol. The summed E-state index contributed by atoms with van der Waals surface area (Å²) in [6.45, 7) is 2.29. The summed E-state index contributed by atoms with van der Waals surface area (Å²) in [6, 6.07) is 12.9. The van der Waals surface area contributed by atoms with Crippen molar-refractivity contribution in [1.29, 1.82) is 0 Å². The molecule has 0 unspecified atom stereocenters. The Balaban J connectivity index is 1.50. The van der Waals surface area contributed by atoms with Crippen LogP contribution in [0.3, 0.4) is 0 Å². The molecule has 1 aliphatic rings. The van der Waals surface area contributed by atoms with Crippen molar-refractivity contribution in [2.24, 2.45) is 5.14 Å². The molecule has 144 valence electrons. The minimum Gasteiger partial charge on any atom is -0.366 e. The van der Waals surface area contributed by atoms with Gasteiger partial charge in [0.15, 0.2) is 0 Å². The summed E-state index contributed by atoms with van der Waals surface area (Å²) in [7, 11) is -3.71. The van der Waals surface area contributed by atoms with Gasteiger partial charge in [0.1, 0.15) is 5.82 Å². The monoisotopic (exact) mass is 391 g/mol. The van der Waals surface area contributed by atoms with E-state index in [4.69, 9.17) is 5.14 Å². The summed E-state index contributed by atoms with van der Waals surface area (Å²) in [6.07, 6.45) is 0.867. The molecule has 0 aliphatic carbocycles. The van der Waals surface area contributed by atoms with Crippen LogP contribution in [-0.2, 0) is 21.2 Å². The molecule has 0 aromatic heterocycles. The summed E-state index contributed by atoms with van der Waals surface area (Å²) in [5, 5.41) is 5.07. The van der Waals surface area contributed by atoms with E-state index < -0.39 is 10.0 Å². The quantitative estimate of drug-likeness (QED) is 0.842. The number of hydrogen-bond acceptors (Lipinski definition) is 4. The third-order valence-corrected chi connectivity index (χ3v) is 5.63. The van der Waals surface area contributed by atoms with E-state index in [9.17, 15) is 17.6 Å². The molecule has 1 saturated heterocycles. The van der Waals surface area contributed by atoms with Crippen molar-refractivity contribution in [3.05, 3.63) is 59.9 Å². The lowest BCUT2D eigenvalue weighted by Crippen LogP contribution is -2.49. The van der Waals surface area contributed by atoms with Crippen molar-refractivity contribution in [2.45, 2.75) is 17.7 Å². The minimum absolute atomic E-state index is 0.0405. The molecule has 1 heterocycles. The molecule has 0 spiro atoms. The molecule has 6 nitrogen and oxygen atoms in total. The Kier molecular flexibility index (Phi) is 5.76. The third-order valence-electron chi connectivity index (χ3n) is 4.70. The minimum atomic E-state index is -3.71. The number of primary sulfonamides is 1. The molecule has 2 N–H and O–H groups in total. The molecule has 1 aliphatic heterocycles. The van der Waals surface area contributed by atoms with Crippen LogP contribution in [0.1, 0.15) is 12.0 Å². The van der Waals surface area contributed by atoms with Gasteiger partial charge in [-0.15, -0.1) is 0 Å². The second kappa shape index (κ2) is 8.06. The van der Waals surface area contributed by atoms with Crippen LogP contribution in [0.15, 0.2) is 53.4 Å². The van der Waals surface area contributed by atoms with Gasteiger partial charge in [-0.25, -0.2) is 17.9 Å². The predicted octanol–water partition coefficient (Wildman–Crippen LogP) is 1.75. The maximum Gasteiger partial charge on any atom is 0.238 e. The zero-order valence-corrected chi connectivity index (χ0v) is 15.7. The number of nitrogens with zero attached hydrogens (tertiary/aromatic N) is 2. The van der Waals surface area contributed by atoms with Crippen LogP contribution in [0, 0.1) is 5.82 Å². The van der Waals surface area contributed by atoms with Crippen LogP contribution < -0.4 is 10.0 Å². The van der Waals surface area contributed by atoms with Crippen molar-refractivity contribution in [3.8, 4) is 0 Å². The molecule has 0 radical (unpaired) electrons. The van der Waals surface area contributed by atoms with Crippen LogP contribution in [-0.4, -0.2) is 45.4 Å². The first-order chi connectivity index (χ1) is 12.8. The van der Waals surface area contributed by atoms with Crippen LogP contribution in [0.5, 0.6) is 0 Å². The number of hydrogen-bond donors (Lipinski definition) is 1. The van der Waals surface area contributed by atoms with E-state index in [-0.39, 0.29) is 16.6 Å². The normalized spacial score (nSPS) is 15.0.